The maximum Gasteiger partial charge on any atom is 0.251 e. The second-order valence-corrected chi connectivity index (χ2v) is 9.79. The predicted molar refractivity (Wildman–Crippen MR) is 132 cm³/mol. The van der Waals surface area contributed by atoms with Gasteiger partial charge in [-0.3, -0.25) is 14.2 Å². The minimum absolute atomic E-state index is 0.166. The molecule has 3 N–H and O–H groups in total. The molecule has 172 valence electrons. The van der Waals surface area contributed by atoms with Gasteiger partial charge >= 0.3 is 0 Å². The summed E-state index contributed by atoms with van der Waals surface area (Å²) in [5, 5.41) is 19.1. The smallest absolute Gasteiger partial charge is 0.251 e. The number of nitrogens with two attached hydrogens (primary N) is 1. The van der Waals surface area contributed by atoms with Crippen molar-refractivity contribution in [3.8, 4) is 11.1 Å². The first-order chi connectivity index (χ1) is 16.5. The Morgan fingerprint density at radius 3 is 2.62 bits per heavy atom. The maximum absolute atomic E-state index is 12.2. The number of nitrogen functional groups attached to an aromatic ring is 1. The fourth-order valence-corrected chi connectivity index (χ4v) is 5.54. The molecule has 0 bridgehead atoms. The van der Waals surface area contributed by atoms with Crippen LogP contribution in [0.3, 0.4) is 0 Å². The van der Waals surface area contributed by atoms with E-state index in [1.807, 2.05) is 12.1 Å². The van der Waals surface area contributed by atoms with E-state index in [0.29, 0.717) is 23.9 Å². The van der Waals surface area contributed by atoms with Gasteiger partial charge in [-0.25, -0.2) is 4.98 Å². The summed E-state index contributed by atoms with van der Waals surface area (Å²) in [4.78, 5) is 22.8. The molecule has 0 aliphatic carbocycles. The van der Waals surface area contributed by atoms with Crippen molar-refractivity contribution in [1.29, 1.82) is 0 Å². The monoisotopic (exact) mass is 473 g/mol. The van der Waals surface area contributed by atoms with E-state index in [1.54, 1.807) is 11.1 Å². The zero-order valence-corrected chi connectivity index (χ0v) is 19.4. The minimum Gasteiger partial charge on any atom is -0.384 e. The molecule has 34 heavy (non-hydrogen) atoms. The Kier molecular flexibility index (Phi) is 4.93. The van der Waals surface area contributed by atoms with Crippen molar-refractivity contribution in [1.82, 2.24) is 29.5 Å². The number of rotatable bonds is 3. The Morgan fingerprint density at radius 1 is 1.12 bits per heavy atom. The van der Waals surface area contributed by atoms with Crippen molar-refractivity contribution in [2.75, 3.05) is 18.8 Å². The van der Waals surface area contributed by atoms with Crippen molar-refractivity contribution < 1.29 is 9.90 Å². The van der Waals surface area contributed by atoms with Crippen molar-refractivity contribution in [2.45, 2.75) is 31.8 Å². The molecule has 10 heteroatoms. The highest BCUT2D eigenvalue weighted by atomic mass is 32.1. The van der Waals surface area contributed by atoms with Crippen LogP contribution in [0.15, 0.2) is 42.6 Å². The Morgan fingerprint density at radius 2 is 1.85 bits per heavy atom. The number of thiazole rings is 1. The molecule has 1 aliphatic heterocycles. The average Bonchev–Trinajstić information content (AvgIpc) is 3.45. The molecular weight excluding hydrogens is 450 g/mol. The molecular formula is C24H23N7O2S. The molecule has 1 saturated heterocycles. The largest absolute Gasteiger partial charge is 0.384 e. The van der Waals surface area contributed by atoms with Gasteiger partial charge in [-0.15, -0.1) is 10.2 Å². The molecule has 0 spiro atoms. The zero-order chi connectivity index (χ0) is 23.4. The van der Waals surface area contributed by atoms with E-state index in [2.05, 4.69) is 48.8 Å². The molecule has 0 radical (unpaired) electrons. The molecule has 6 rings (SSSR count). The molecule has 2 aromatic carbocycles. The van der Waals surface area contributed by atoms with E-state index in [9.17, 15) is 9.90 Å². The number of amides is 1. The maximum atomic E-state index is 12.2. The molecule has 3 aromatic heterocycles. The summed E-state index contributed by atoms with van der Waals surface area (Å²) in [6, 6.07) is 12.4. The van der Waals surface area contributed by atoms with E-state index in [0.717, 1.165) is 51.0 Å². The Balaban J connectivity index is 1.40. The Hall–Kier alpha value is -3.63. The van der Waals surface area contributed by atoms with Crippen LogP contribution < -0.4 is 5.73 Å². The lowest BCUT2D eigenvalue weighted by molar-refractivity contribution is -0.140. The molecule has 1 fully saturated rings. The van der Waals surface area contributed by atoms with Gasteiger partial charge in [-0.2, -0.15) is 0 Å². The van der Waals surface area contributed by atoms with Gasteiger partial charge in [0, 0.05) is 19.0 Å². The van der Waals surface area contributed by atoms with Crippen LogP contribution in [0.4, 0.5) is 5.13 Å². The van der Waals surface area contributed by atoms with Crippen molar-refractivity contribution in [3.63, 3.8) is 0 Å². The fraction of sp³-hybridized carbons (Fsp3) is 0.292. The van der Waals surface area contributed by atoms with Crippen LogP contribution in [0.5, 0.6) is 0 Å². The number of aliphatic hydroxyl groups is 1. The summed E-state index contributed by atoms with van der Waals surface area (Å²) >= 11 is 1.48. The summed E-state index contributed by atoms with van der Waals surface area (Å²) in [6.45, 7) is 2.70. The van der Waals surface area contributed by atoms with Crippen LogP contribution in [0.1, 0.15) is 31.5 Å². The number of likely N-dealkylation sites (tertiary alicyclic amines) is 1. The number of benzene rings is 2. The molecule has 1 aliphatic rings. The lowest BCUT2D eigenvalue weighted by Gasteiger charge is -2.32. The number of hydrogen-bond donors (Lipinski definition) is 2. The summed E-state index contributed by atoms with van der Waals surface area (Å²) in [5.74, 6) is 0.830. The van der Waals surface area contributed by atoms with Gasteiger partial charge in [0.25, 0.3) is 5.91 Å². The summed E-state index contributed by atoms with van der Waals surface area (Å²) in [7, 11) is 0. The van der Waals surface area contributed by atoms with Crippen LogP contribution in [-0.4, -0.2) is 59.7 Å². The minimum atomic E-state index is -0.973. The van der Waals surface area contributed by atoms with E-state index in [1.165, 1.54) is 18.3 Å². The number of piperidine rings is 1. The first-order valence-corrected chi connectivity index (χ1v) is 12.1. The molecule has 4 heterocycles. The standard InChI is InChI=1S/C24H23N7O2S/c1-13(32)23(33)30-8-6-14(7-9-30)22-29-28-21-12-26-17-4-2-15(10-19(17)31(21)22)16-3-5-18-20(11-16)34-24(25)27-18/h2-5,10-14,32H,6-9H2,1H3,(H2,25,27)/t13-/m1/s1. The number of nitrogens with zero attached hydrogens (tertiary/aromatic N) is 6. The molecule has 5 aromatic rings. The van der Waals surface area contributed by atoms with Crippen molar-refractivity contribution in [3.05, 3.63) is 48.4 Å². The van der Waals surface area contributed by atoms with Crippen molar-refractivity contribution >= 4 is 49.3 Å². The first kappa shape index (κ1) is 20.9. The van der Waals surface area contributed by atoms with Gasteiger partial charge in [0.15, 0.2) is 10.8 Å². The number of carbonyl (C=O) groups excluding carboxylic acids is 1. The fourth-order valence-electron chi connectivity index (χ4n) is 4.77. The van der Waals surface area contributed by atoms with Crippen LogP contribution in [0.2, 0.25) is 0 Å². The van der Waals surface area contributed by atoms with Gasteiger partial charge in [-0.05, 0) is 55.2 Å². The average molecular weight is 474 g/mol. The first-order valence-electron chi connectivity index (χ1n) is 11.2. The number of fused-ring (bicyclic) bond motifs is 4. The molecule has 0 unspecified atom stereocenters. The SMILES string of the molecule is C[C@@H](O)C(=O)N1CCC(c2nnc3cnc4ccc(-c5ccc6nc(N)sc6c5)cc4n23)CC1. The van der Waals surface area contributed by atoms with Crippen molar-refractivity contribution in [2.24, 2.45) is 0 Å². The molecule has 0 saturated carbocycles. The predicted octanol–water partition coefficient (Wildman–Crippen LogP) is 3.22. The molecule has 1 atom stereocenters. The van der Waals surface area contributed by atoms with Gasteiger partial charge < -0.3 is 15.7 Å². The number of anilines is 1. The quantitative estimate of drug-likeness (QED) is 0.412. The number of aromatic nitrogens is 5. The third-order valence-electron chi connectivity index (χ3n) is 6.52. The number of carbonyl (C=O) groups is 1. The van der Waals surface area contributed by atoms with E-state index in [-0.39, 0.29) is 11.8 Å². The Labute approximate surface area is 198 Å². The molecule has 1 amide bonds. The Bertz CT molecular complexity index is 1550. The lowest BCUT2D eigenvalue weighted by Crippen LogP contribution is -2.42. The topological polar surface area (TPSA) is 123 Å². The van der Waals surface area contributed by atoms with E-state index < -0.39 is 6.10 Å². The highest BCUT2D eigenvalue weighted by Gasteiger charge is 2.29. The normalized spacial score (nSPS) is 16.0. The van der Waals surface area contributed by atoms with Gasteiger partial charge in [0.2, 0.25) is 0 Å². The van der Waals surface area contributed by atoms with E-state index in [4.69, 9.17) is 5.73 Å². The highest BCUT2D eigenvalue weighted by molar-refractivity contribution is 7.22. The summed E-state index contributed by atoms with van der Waals surface area (Å²) in [5.41, 5.74) is 11.4. The lowest BCUT2D eigenvalue weighted by atomic mass is 9.95. The highest BCUT2D eigenvalue weighted by Crippen LogP contribution is 2.33. The van der Waals surface area contributed by atoms with Gasteiger partial charge in [-0.1, -0.05) is 23.5 Å². The third-order valence-corrected chi connectivity index (χ3v) is 7.36. The van der Waals surface area contributed by atoms with Gasteiger partial charge in [0.1, 0.15) is 11.9 Å². The second kappa shape index (κ2) is 8.00. The van der Waals surface area contributed by atoms with Crippen LogP contribution in [0.25, 0.3) is 38.0 Å². The summed E-state index contributed by atoms with van der Waals surface area (Å²) < 4.78 is 3.14. The molecule has 9 nitrogen and oxygen atoms in total. The number of aliphatic hydroxyl groups excluding tert-OH is 1. The van der Waals surface area contributed by atoms with Crippen LogP contribution >= 0.6 is 11.3 Å². The zero-order valence-electron chi connectivity index (χ0n) is 18.5. The van der Waals surface area contributed by atoms with Crippen LogP contribution in [-0.2, 0) is 4.79 Å². The van der Waals surface area contributed by atoms with Gasteiger partial charge in [0.05, 0.1) is 27.4 Å². The number of hydrogen-bond acceptors (Lipinski definition) is 8. The third kappa shape index (κ3) is 3.46. The summed E-state index contributed by atoms with van der Waals surface area (Å²) in [6.07, 6.45) is 2.31. The van der Waals surface area contributed by atoms with E-state index >= 15 is 0 Å². The van der Waals surface area contributed by atoms with Crippen LogP contribution in [0, 0.1) is 0 Å². The second-order valence-electron chi connectivity index (χ2n) is 8.72.